The summed E-state index contributed by atoms with van der Waals surface area (Å²) in [5.41, 5.74) is 0.161. The lowest BCUT2D eigenvalue weighted by molar-refractivity contribution is -0.457. The average Bonchev–Trinajstić information content (AvgIpc) is 2.86. The van der Waals surface area contributed by atoms with E-state index in [1.807, 2.05) is 44.2 Å². The number of benzene rings is 1. The highest BCUT2D eigenvalue weighted by atomic mass is 127. The first-order valence-corrected chi connectivity index (χ1v) is 12.4. The number of ether oxygens (including phenoxy) is 3. The summed E-state index contributed by atoms with van der Waals surface area (Å²) in [6, 6.07) is 9.90. The Bertz CT molecular complexity index is 771. The van der Waals surface area contributed by atoms with Crippen LogP contribution >= 0.6 is 22.6 Å². The van der Waals surface area contributed by atoms with Crippen molar-refractivity contribution in [1.82, 2.24) is 0 Å². The summed E-state index contributed by atoms with van der Waals surface area (Å²) >= 11 is 2.30. The number of halogens is 1. The molecule has 4 rings (SSSR count). The lowest BCUT2D eigenvalue weighted by Crippen LogP contribution is -2.67. The Morgan fingerprint density at radius 2 is 1.94 bits per heavy atom. The van der Waals surface area contributed by atoms with Gasteiger partial charge in [0.15, 0.2) is 11.9 Å². The van der Waals surface area contributed by atoms with Crippen molar-refractivity contribution in [3.63, 3.8) is 0 Å². The Hall–Kier alpha value is -0.740. The number of rotatable bonds is 5. The van der Waals surface area contributed by atoms with Crippen molar-refractivity contribution in [3.05, 3.63) is 35.9 Å². The molecule has 3 aliphatic rings. The van der Waals surface area contributed by atoms with E-state index in [0.29, 0.717) is 12.3 Å². The Morgan fingerprint density at radius 3 is 2.65 bits per heavy atom. The van der Waals surface area contributed by atoms with Crippen LogP contribution in [0.3, 0.4) is 0 Å². The maximum absolute atomic E-state index is 12.6. The van der Waals surface area contributed by atoms with Crippen molar-refractivity contribution in [2.45, 2.75) is 81.1 Å². The fraction of sp³-hybridized carbons (Fsp3) is 0.708. The highest BCUT2D eigenvalue weighted by molar-refractivity contribution is 14.1. The van der Waals surface area contributed by atoms with E-state index in [4.69, 9.17) is 19.1 Å². The van der Waals surface area contributed by atoms with Gasteiger partial charge in [0.2, 0.25) is 6.29 Å². The van der Waals surface area contributed by atoms with Crippen molar-refractivity contribution < 1.29 is 29.1 Å². The molecule has 172 valence electrons. The molecule has 0 amide bonds. The summed E-state index contributed by atoms with van der Waals surface area (Å²) in [5, 5.41) is 10.2. The second kappa shape index (κ2) is 9.25. The lowest BCUT2D eigenvalue weighted by atomic mass is 9.58. The average molecular weight is 544 g/mol. The Labute approximate surface area is 198 Å². The maximum Gasteiger partial charge on any atom is 0.308 e. The van der Waals surface area contributed by atoms with Gasteiger partial charge in [-0.1, -0.05) is 44.2 Å². The predicted molar refractivity (Wildman–Crippen MR) is 123 cm³/mol. The van der Waals surface area contributed by atoms with Gasteiger partial charge in [0.1, 0.15) is 3.61 Å². The van der Waals surface area contributed by atoms with E-state index in [0.717, 1.165) is 31.2 Å². The summed E-state index contributed by atoms with van der Waals surface area (Å²) < 4.78 is 18.0. The van der Waals surface area contributed by atoms with Gasteiger partial charge in [0.25, 0.3) is 0 Å². The molecule has 8 atom stereocenters. The number of esters is 1. The standard InChI is InChI=1S/C24H33IO6/c1-15-9-11-19-16(2)21(28-20(26)12-10-17-7-5-4-6-8-17)29-22-24(19,31-27)18(15)13-14-23(3,25)30-22/h4-8,15-16,18-19,21-22,27H,9-14H2,1-3H3/t15-,16-,18?,19+,21-,22?,23?,24-/m1/s1. The van der Waals surface area contributed by atoms with Gasteiger partial charge in [-0.2, -0.15) is 0 Å². The second-order valence-electron chi connectivity index (χ2n) is 9.64. The van der Waals surface area contributed by atoms with E-state index in [1.165, 1.54) is 0 Å². The molecule has 0 radical (unpaired) electrons. The molecule has 2 heterocycles. The third kappa shape index (κ3) is 4.53. The van der Waals surface area contributed by atoms with Gasteiger partial charge in [-0.15, -0.1) is 0 Å². The number of alkyl halides is 1. The summed E-state index contributed by atoms with van der Waals surface area (Å²) in [6.07, 6.45) is 3.06. The minimum atomic E-state index is -0.938. The predicted octanol–water partition coefficient (Wildman–Crippen LogP) is 5.33. The van der Waals surface area contributed by atoms with E-state index in [9.17, 15) is 10.1 Å². The lowest BCUT2D eigenvalue weighted by Gasteiger charge is -2.57. The van der Waals surface area contributed by atoms with Crippen LogP contribution in [-0.2, 0) is 30.3 Å². The van der Waals surface area contributed by atoms with Crippen LogP contribution < -0.4 is 0 Å². The Balaban J connectivity index is 1.53. The Morgan fingerprint density at radius 1 is 1.19 bits per heavy atom. The van der Waals surface area contributed by atoms with Gasteiger partial charge >= 0.3 is 5.97 Å². The summed E-state index contributed by atoms with van der Waals surface area (Å²) in [5.74, 6) is 0.0937. The van der Waals surface area contributed by atoms with Crippen LogP contribution in [0, 0.1) is 23.7 Å². The van der Waals surface area contributed by atoms with Crippen LogP contribution in [-0.4, -0.2) is 33.0 Å². The monoisotopic (exact) mass is 544 g/mol. The van der Waals surface area contributed by atoms with Crippen LogP contribution in [0.5, 0.6) is 0 Å². The molecule has 3 unspecified atom stereocenters. The molecule has 1 aliphatic carbocycles. The molecular formula is C24H33IO6. The van der Waals surface area contributed by atoms with Crippen LogP contribution in [0.2, 0.25) is 0 Å². The number of aryl methyl sites for hydroxylation is 1. The minimum Gasteiger partial charge on any atom is -0.435 e. The van der Waals surface area contributed by atoms with Crippen molar-refractivity contribution >= 4 is 28.6 Å². The molecule has 31 heavy (non-hydrogen) atoms. The zero-order valence-electron chi connectivity index (χ0n) is 18.5. The van der Waals surface area contributed by atoms with E-state index in [2.05, 4.69) is 29.5 Å². The van der Waals surface area contributed by atoms with Crippen LogP contribution in [0.4, 0.5) is 0 Å². The fourth-order valence-corrected chi connectivity index (χ4v) is 6.41. The molecule has 0 aromatic heterocycles. The van der Waals surface area contributed by atoms with Crippen LogP contribution in [0.15, 0.2) is 30.3 Å². The van der Waals surface area contributed by atoms with E-state index in [1.54, 1.807) is 0 Å². The summed E-state index contributed by atoms with van der Waals surface area (Å²) in [6.45, 7) is 6.27. The van der Waals surface area contributed by atoms with Crippen LogP contribution in [0.25, 0.3) is 0 Å². The Kier molecular flexibility index (Phi) is 6.99. The zero-order valence-corrected chi connectivity index (χ0v) is 20.6. The first-order valence-electron chi connectivity index (χ1n) is 11.3. The van der Waals surface area contributed by atoms with Crippen molar-refractivity contribution in [2.24, 2.45) is 23.7 Å². The van der Waals surface area contributed by atoms with Gasteiger partial charge < -0.3 is 14.2 Å². The number of hydrogen-bond donors (Lipinski definition) is 1. The molecule has 6 nitrogen and oxygen atoms in total. The third-order valence-corrected chi connectivity index (χ3v) is 8.38. The summed E-state index contributed by atoms with van der Waals surface area (Å²) in [4.78, 5) is 18.0. The SMILES string of the molecule is C[C@H]1[C@H](OC(=O)CCc2ccccc2)OC2OC(C)(I)CCC3[C@H](C)CC[C@@H]1[C@@]23OO. The highest BCUT2D eigenvalue weighted by Crippen LogP contribution is 2.58. The summed E-state index contributed by atoms with van der Waals surface area (Å²) in [7, 11) is 0. The molecular weight excluding hydrogens is 511 g/mol. The van der Waals surface area contributed by atoms with Crippen molar-refractivity contribution in [3.8, 4) is 0 Å². The first kappa shape index (κ1) is 23.4. The van der Waals surface area contributed by atoms with Crippen molar-refractivity contribution in [2.75, 3.05) is 0 Å². The van der Waals surface area contributed by atoms with E-state index in [-0.39, 0.29) is 30.1 Å². The zero-order chi connectivity index (χ0) is 22.2. The maximum atomic E-state index is 12.6. The van der Waals surface area contributed by atoms with Gasteiger partial charge in [-0.3, -0.25) is 10.1 Å². The molecule has 1 saturated carbocycles. The quantitative estimate of drug-likeness (QED) is 0.178. The number of hydrogen-bond acceptors (Lipinski definition) is 6. The van der Waals surface area contributed by atoms with Gasteiger partial charge in [0, 0.05) is 18.3 Å². The number of carbonyl (C=O) groups is 1. The van der Waals surface area contributed by atoms with Crippen molar-refractivity contribution in [1.29, 1.82) is 0 Å². The van der Waals surface area contributed by atoms with Crippen LogP contribution in [0.1, 0.15) is 58.4 Å². The molecule has 2 aliphatic heterocycles. The fourth-order valence-electron chi connectivity index (χ4n) is 5.87. The molecule has 1 N–H and O–H groups in total. The minimum absolute atomic E-state index is 0.0188. The number of carbonyl (C=O) groups excluding carboxylic acids is 1. The highest BCUT2D eigenvalue weighted by Gasteiger charge is 2.66. The molecule has 3 fully saturated rings. The molecule has 7 heteroatoms. The largest absolute Gasteiger partial charge is 0.435 e. The molecule has 0 bridgehead atoms. The van der Waals surface area contributed by atoms with Gasteiger partial charge in [0.05, 0.1) is 0 Å². The second-order valence-corrected chi connectivity index (χ2v) is 11.9. The molecule has 1 aromatic carbocycles. The molecule has 1 aromatic rings. The molecule has 0 spiro atoms. The smallest absolute Gasteiger partial charge is 0.308 e. The molecule has 2 saturated heterocycles. The normalized spacial score (nSPS) is 42.4. The first-order chi connectivity index (χ1) is 14.8. The van der Waals surface area contributed by atoms with Gasteiger partial charge in [-0.05, 0) is 79.0 Å². The third-order valence-electron chi connectivity index (χ3n) is 7.59. The van der Waals surface area contributed by atoms with E-state index >= 15 is 0 Å². The van der Waals surface area contributed by atoms with E-state index < -0.39 is 21.8 Å². The van der Waals surface area contributed by atoms with Gasteiger partial charge in [-0.25, -0.2) is 4.89 Å². The topological polar surface area (TPSA) is 74.2 Å².